The molecule has 5 rings (SSSR count). The van der Waals surface area contributed by atoms with Gasteiger partial charge in [-0.15, -0.1) is 4.36 Å². The van der Waals surface area contributed by atoms with E-state index in [1.807, 2.05) is 6.92 Å². The Labute approximate surface area is 169 Å². The highest BCUT2D eigenvalue weighted by atomic mass is 32.2. The molecule has 10 heteroatoms. The lowest BCUT2D eigenvalue weighted by atomic mass is 10.0. The van der Waals surface area contributed by atoms with E-state index in [-0.39, 0.29) is 5.03 Å². The number of nitrogens with two attached hydrogens (primary N) is 1. The van der Waals surface area contributed by atoms with E-state index in [9.17, 15) is 9.00 Å². The zero-order valence-electron chi connectivity index (χ0n) is 16.3. The van der Waals surface area contributed by atoms with Gasteiger partial charge in [0.05, 0.1) is 31.1 Å². The fraction of sp³-hybridized carbons (Fsp3) is 0.526. The summed E-state index contributed by atoms with van der Waals surface area (Å²) in [6.07, 6.45) is 5.08. The van der Waals surface area contributed by atoms with Crippen LogP contribution in [0.2, 0.25) is 0 Å². The lowest BCUT2D eigenvalue weighted by molar-refractivity contribution is 0.0799. The molecule has 0 bridgehead atoms. The molecule has 1 saturated carbocycles. The minimum Gasteiger partial charge on any atom is -0.373 e. The number of pyridine rings is 1. The fourth-order valence-corrected chi connectivity index (χ4v) is 5.04. The highest BCUT2D eigenvalue weighted by molar-refractivity contribution is 7.91. The molecule has 2 aromatic rings. The van der Waals surface area contributed by atoms with Gasteiger partial charge in [0.25, 0.3) is 0 Å². The van der Waals surface area contributed by atoms with Gasteiger partial charge < -0.3 is 10.1 Å². The summed E-state index contributed by atoms with van der Waals surface area (Å²) in [5.41, 5.74) is 5.70. The van der Waals surface area contributed by atoms with Crippen molar-refractivity contribution in [1.29, 1.82) is 0 Å². The molecule has 2 aliphatic carbocycles. The topological polar surface area (TPSA) is 124 Å². The first-order valence-corrected chi connectivity index (χ1v) is 11.5. The molecule has 3 aliphatic rings. The third kappa shape index (κ3) is 3.45. The van der Waals surface area contributed by atoms with Crippen molar-refractivity contribution in [2.75, 3.05) is 11.9 Å². The number of fused-ring (bicyclic) bond motifs is 2. The molecule has 0 saturated heterocycles. The van der Waals surface area contributed by atoms with E-state index >= 15 is 0 Å². The number of urea groups is 1. The summed E-state index contributed by atoms with van der Waals surface area (Å²) in [4.78, 5) is 17.5. The third-order valence-corrected chi connectivity index (χ3v) is 6.99. The summed E-state index contributed by atoms with van der Waals surface area (Å²) >= 11 is 0. The lowest BCUT2D eigenvalue weighted by Gasteiger charge is -2.15. The van der Waals surface area contributed by atoms with Crippen LogP contribution in [-0.4, -0.2) is 31.6 Å². The summed E-state index contributed by atoms with van der Waals surface area (Å²) in [6.45, 7) is 3.45. The molecular formula is C19H24N6O3S. The molecule has 1 unspecified atom stereocenters. The van der Waals surface area contributed by atoms with Crippen LogP contribution in [0.5, 0.6) is 0 Å². The second kappa shape index (κ2) is 6.89. The van der Waals surface area contributed by atoms with Gasteiger partial charge in [-0.3, -0.25) is 9.67 Å². The molecule has 29 heavy (non-hydrogen) atoms. The van der Waals surface area contributed by atoms with Crippen LogP contribution in [0.15, 0.2) is 15.5 Å². The standard InChI is InChI=1S/C19H24N6O3S/c1-11-17(12-5-6-12)21-15-4-2-3-14(15)18(11)22-19(26)24-29(20,27)16-9-13-10-28-8-7-25(13)23-16/h9,12H,2-8,10H2,1H3,(H3,20,21,22,24,26,27). The van der Waals surface area contributed by atoms with Gasteiger partial charge in [0.15, 0.2) is 14.9 Å². The van der Waals surface area contributed by atoms with Gasteiger partial charge in [-0.2, -0.15) is 5.10 Å². The number of amides is 2. The molecule has 9 nitrogen and oxygen atoms in total. The largest absolute Gasteiger partial charge is 0.373 e. The van der Waals surface area contributed by atoms with Crippen molar-refractivity contribution >= 4 is 21.6 Å². The number of carbonyl (C=O) groups excluding carboxylic acids is 1. The monoisotopic (exact) mass is 416 g/mol. The van der Waals surface area contributed by atoms with Crippen LogP contribution in [-0.2, 0) is 40.6 Å². The van der Waals surface area contributed by atoms with Crippen molar-refractivity contribution in [3.8, 4) is 0 Å². The number of anilines is 1. The average molecular weight is 417 g/mol. The smallest absolute Gasteiger partial charge is 0.354 e. The number of carbonyl (C=O) groups is 1. The average Bonchev–Trinajstić information content (AvgIpc) is 3.24. The number of aryl methyl sites for hydroxylation is 1. The molecule has 0 spiro atoms. The van der Waals surface area contributed by atoms with Crippen molar-refractivity contribution in [2.45, 2.75) is 63.1 Å². The van der Waals surface area contributed by atoms with E-state index in [0.29, 0.717) is 25.7 Å². The van der Waals surface area contributed by atoms with Gasteiger partial charge in [0.1, 0.15) is 0 Å². The predicted molar refractivity (Wildman–Crippen MR) is 107 cm³/mol. The van der Waals surface area contributed by atoms with Gasteiger partial charge in [-0.05, 0) is 50.2 Å². The molecule has 1 aliphatic heterocycles. The molecule has 0 radical (unpaired) electrons. The SMILES string of the molecule is Cc1c(C2CC2)nc2c(c1NC(=O)N=S(N)(=O)c1cc3n(n1)CCOC3)CCC2. The maximum atomic E-state index is 12.9. The molecule has 2 amide bonds. The Balaban J connectivity index is 1.46. The Morgan fingerprint density at radius 1 is 1.41 bits per heavy atom. The Morgan fingerprint density at radius 3 is 3.00 bits per heavy atom. The summed E-state index contributed by atoms with van der Waals surface area (Å²) < 4.78 is 23.8. The van der Waals surface area contributed by atoms with Gasteiger partial charge in [0.2, 0.25) is 0 Å². The quantitative estimate of drug-likeness (QED) is 0.795. The first-order valence-electron chi connectivity index (χ1n) is 9.95. The van der Waals surface area contributed by atoms with Crippen molar-refractivity contribution in [2.24, 2.45) is 9.50 Å². The summed E-state index contributed by atoms with van der Waals surface area (Å²) in [5, 5.41) is 13.1. The van der Waals surface area contributed by atoms with Crippen molar-refractivity contribution < 1.29 is 13.7 Å². The van der Waals surface area contributed by atoms with Gasteiger partial charge in [0, 0.05) is 23.4 Å². The molecule has 1 atom stereocenters. The van der Waals surface area contributed by atoms with E-state index in [2.05, 4.69) is 14.8 Å². The minimum atomic E-state index is -3.45. The first-order chi connectivity index (χ1) is 13.9. The van der Waals surface area contributed by atoms with Crippen molar-refractivity contribution in [1.82, 2.24) is 14.8 Å². The summed E-state index contributed by atoms with van der Waals surface area (Å²) in [5.74, 6) is 0.478. The predicted octanol–water partition coefficient (Wildman–Crippen LogP) is 2.42. The van der Waals surface area contributed by atoms with Gasteiger partial charge in [-0.1, -0.05) is 0 Å². The fourth-order valence-electron chi connectivity index (χ4n) is 4.14. The number of hydrogen-bond acceptors (Lipinski definition) is 5. The Bertz CT molecular complexity index is 1100. The first kappa shape index (κ1) is 18.7. The second-order valence-corrected chi connectivity index (χ2v) is 9.63. The Morgan fingerprint density at radius 2 is 2.24 bits per heavy atom. The Kier molecular flexibility index (Phi) is 4.45. The number of rotatable bonds is 3. The van der Waals surface area contributed by atoms with E-state index in [1.165, 1.54) is 0 Å². The van der Waals surface area contributed by atoms with Crippen molar-refractivity contribution in [3.63, 3.8) is 0 Å². The minimum absolute atomic E-state index is 0.100. The van der Waals surface area contributed by atoms with E-state index in [0.717, 1.165) is 66.0 Å². The number of hydrogen-bond donors (Lipinski definition) is 2. The van der Waals surface area contributed by atoms with Crippen LogP contribution in [0, 0.1) is 6.92 Å². The highest BCUT2D eigenvalue weighted by Gasteiger charge is 2.31. The summed E-state index contributed by atoms with van der Waals surface area (Å²) in [7, 11) is -3.45. The molecule has 154 valence electrons. The zero-order valence-corrected chi connectivity index (χ0v) is 17.1. The van der Waals surface area contributed by atoms with E-state index in [4.69, 9.17) is 14.9 Å². The molecule has 3 heterocycles. The number of ether oxygens (including phenoxy) is 1. The normalized spacial score (nSPS) is 19.9. The molecular weight excluding hydrogens is 392 g/mol. The number of aromatic nitrogens is 3. The molecule has 3 N–H and O–H groups in total. The van der Waals surface area contributed by atoms with Crippen LogP contribution in [0.3, 0.4) is 0 Å². The van der Waals surface area contributed by atoms with Gasteiger partial charge >= 0.3 is 6.03 Å². The second-order valence-electron chi connectivity index (χ2n) is 7.89. The Hall–Kier alpha value is -2.30. The molecule has 2 aromatic heterocycles. The van der Waals surface area contributed by atoms with E-state index in [1.54, 1.807) is 10.7 Å². The van der Waals surface area contributed by atoms with Gasteiger partial charge in [-0.25, -0.2) is 14.1 Å². The maximum absolute atomic E-state index is 12.9. The van der Waals surface area contributed by atoms with Crippen LogP contribution in [0.4, 0.5) is 10.5 Å². The van der Waals surface area contributed by atoms with Crippen LogP contribution >= 0.6 is 0 Å². The van der Waals surface area contributed by atoms with Crippen LogP contribution in [0.1, 0.15) is 53.4 Å². The number of nitrogens with one attached hydrogen (secondary N) is 1. The number of nitrogens with zero attached hydrogens (tertiary/aromatic N) is 4. The van der Waals surface area contributed by atoms with Crippen LogP contribution in [0.25, 0.3) is 0 Å². The highest BCUT2D eigenvalue weighted by Crippen LogP contribution is 2.44. The summed E-state index contributed by atoms with van der Waals surface area (Å²) in [6, 6.07) is 0.878. The molecule has 1 fully saturated rings. The van der Waals surface area contributed by atoms with Crippen molar-refractivity contribution in [3.05, 3.63) is 34.3 Å². The van der Waals surface area contributed by atoms with E-state index < -0.39 is 15.9 Å². The maximum Gasteiger partial charge on any atom is 0.354 e. The molecule has 0 aromatic carbocycles. The zero-order chi connectivity index (χ0) is 20.2. The third-order valence-electron chi connectivity index (χ3n) is 5.76. The van der Waals surface area contributed by atoms with Crippen LogP contribution < -0.4 is 10.5 Å². The lowest BCUT2D eigenvalue weighted by Crippen LogP contribution is -2.20.